The number of Topliss-reactive ketones (excluding diaryl/α,β-unsaturated/α-hetero) is 1. The number of allylic oxidation sites excluding steroid dienone is 1. The highest BCUT2D eigenvalue weighted by atomic mass is 16.5. The molecule has 0 radical (unpaired) electrons. The minimum absolute atomic E-state index is 0.0405. The van der Waals surface area contributed by atoms with Crippen molar-refractivity contribution in [1.82, 2.24) is 0 Å². The smallest absolute Gasteiger partial charge is 0.312 e. The lowest BCUT2D eigenvalue weighted by molar-refractivity contribution is -0.235. The van der Waals surface area contributed by atoms with Gasteiger partial charge in [-0.15, -0.1) is 0 Å². The zero-order chi connectivity index (χ0) is 24.9. The van der Waals surface area contributed by atoms with Gasteiger partial charge in [0.1, 0.15) is 5.78 Å². The first-order valence-corrected chi connectivity index (χ1v) is 14.1. The van der Waals surface area contributed by atoms with E-state index in [0.717, 1.165) is 38.5 Å². The Bertz CT molecular complexity index is 918. The Morgan fingerprint density at radius 1 is 0.882 bits per heavy atom. The molecule has 0 saturated heterocycles. The molecular weight excluding hydrogens is 420 g/mol. The molecule has 3 heteroatoms. The minimum Gasteiger partial charge on any atom is -0.469 e. The van der Waals surface area contributed by atoms with Gasteiger partial charge in [0.05, 0.1) is 12.5 Å². The summed E-state index contributed by atoms with van der Waals surface area (Å²) in [6.45, 7) is 18.8. The van der Waals surface area contributed by atoms with Crippen molar-refractivity contribution in [1.29, 1.82) is 0 Å². The van der Waals surface area contributed by atoms with Crippen LogP contribution in [0.5, 0.6) is 0 Å². The number of hydrogen-bond acceptors (Lipinski definition) is 3. The first kappa shape index (κ1) is 24.6. The molecule has 5 rings (SSSR count). The molecule has 0 N–H and O–H groups in total. The lowest BCUT2D eigenvalue weighted by Crippen LogP contribution is -2.66. The van der Waals surface area contributed by atoms with Crippen molar-refractivity contribution in [2.75, 3.05) is 7.11 Å². The molecule has 5 aliphatic carbocycles. The van der Waals surface area contributed by atoms with Crippen molar-refractivity contribution >= 4 is 11.8 Å². The molecule has 0 amide bonds. The third-order valence-electron chi connectivity index (χ3n) is 13.4. The summed E-state index contributed by atoms with van der Waals surface area (Å²) in [5.74, 6) is 3.01. The number of esters is 1. The fraction of sp³-hybridized carbons (Fsp3) is 0.871. The average Bonchev–Trinajstić information content (AvgIpc) is 3.18. The van der Waals surface area contributed by atoms with Gasteiger partial charge in [0.25, 0.3) is 0 Å². The number of carbonyl (C=O) groups excluding carboxylic acids is 2. The van der Waals surface area contributed by atoms with E-state index in [1.54, 1.807) is 7.11 Å². The van der Waals surface area contributed by atoms with Crippen LogP contribution in [-0.2, 0) is 14.3 Å². The Morgan fingerprint density at radius 2 is 1.59 bits per heavy atom. The van der Waals surface area contributed by atoms with Crippen molar-refractivity contribution in [2.24, 2.45) is 56.7 Å². The van der Waals surface area contributed by atoms with Gasteiger partial charge in [0.2, 0.25) is 0 Å². The van der Waals surface area contributed by atoms with Gasteiger partial charge in [-0.25, -0.2) is 0 Å². The van der Waals surface area contributed by atoms with E-state index >= 15 is 0 Å². The maximum absolute atomic E-state index is 13.3. The van der Waals surface area contributed by atoms with Crippen LogP contribution >= 0.6 is 0 Å². The fourth-order valence-corrected chi connectivity index (χ4v) is 11.5. The first-order valence-electron chi connectivity index (χ1n) is 14.1. The molecule has 0 heterocycles. The summed E-state index contributed by atoms with van der Waals surface area (Å²) in [4.78, 5) is 26.3. The Hall–Kier alpha value is -1.12. The number of hydrogen-bond donors (Lipinski definition) is 0. The quantitative estimate of drug-likeness (QED) is 0.313. The highest BCUT2D eigenvalue weighted by molar-refractivity contribution is 5.85. The number of ketones is 1. The minimum atomic E-state index is -0.313. The van der Waals surface area contributed by atoms with Crippen molar-refractivity contribution in [3.05, 3.63) is 12.2 Å². The topological polar surface area (TPSA) is 43.4 Å². The van der Waals surface area contributed by atoms with Crippen LogP contribution < -0.4 is 0 Å². The fourth-order valence-electron chi connectivity index (χ4n) is 11.5. The number of rotatable bonds is 2. The standard InChI is InChI=1S/C31H48O3/c1-19(2)20-11-16-31(26(33)34-8)18-17-29(6)21(25(20)31)9-10-23-28(5)14-13-24(32)27(3,4)22(28)12-15-30(23,29)7/h20-23,25H,1,9-18H2,2-8H3/t20?,21?,22?,23?,25?,28-,29+,30+,31?/m0/s1. The second-order valence-corrected chi connectivity index (χ2v) is 14.5. The van der Waals surface area contributed by atoms with Gasteiger partial charge in [0.15, 0.2) is 0 Å². The van der Waals surface area contributed by atoms with Crippen LogP contribution in [0.1, 0.15) is 106 Å². The largest absolute Gasteiger partial charge is 0.469 e. The number of methoxy groups -OCH3 is 1. The van der Waals surface area contributed by atoms with E-state index in [9.17, 15) is 9.59 Å². The summed E-state index contributed by atoms with van der Waals surface area (Å²) in [5.41, 5.74) is 1.45. The molecule has 190 valence electrons. The molecule has 5 saturated carbocycles. The Labute approximate surface area is 207 Å². The van der Waals surface area contributed by atoms with E-state index in [0.29, 0.717) is 35.4 Å². The maximum atomic E-state index is 13.3. The van der Waals surface area contributed by atoms with Crippen molar-refractivity contribution in [2.45, 2.75) is 106 Å². The Kier molecular flexibility index (Phi) is 5.38. The average molecular weight is 469 g/mol. The molecule has 0 aliphatic heterocycles. The van der Waals surface area contributed by atoms with Crippen LogP contribution in [0.15, 0.2) is 12.2 Å². The van der Waals surface area contributed by atoms with Crippen LogP contribution in [0.3, 0.4) is 0 Å². The molecule has 0 spiro atoms. The normalized spacial score (nSPS) is 51.5. The molecule has 3 nitrogen and oxygen atoms in total. The zero-order valence-electron chi connectivity index (χ0n) is 22.9. The summed E-state index contributed by atoms with van der Waals surface area (Å²) in [6.07, 6.45) is 10.8. The second-order valence-electron chi connectivity index (χ2n) is 14.5. The summed E-state index contributed by atoms with van der Waals surface area (Å²) in [7, 11) is 1.59. The van der Waals surface area contributed by atoms with Gasteiger partial charge in [-0.05, 0) is 111 Å². The summed E-state index contributed by atoms with van der Waals surface area (Å²) >= 11 is 0. The molecule has 5 fully saturated rings. The van der Waals surface area contributed by atoms with Crippen LogP contribution in [0.4, 0.5) is 0 Å². The van der Waals surface area contributed by atoms with E-state index in [1.807, 2.05) is 0 Å². The molecule has 5 aliphatic rings. The first-order chi connectivity index (χ1) is 15.8. The third-order valence-corrected chi connectivity index (χ3v) is 13.4. The highest BCUT2D eigenvalue weighted by Crippen LogP contribution is 2.77. The summed E-state index contributed by atoms with van der Waals surface area (Å²) < 4.78 is 5.49. The van der Waals surface area contributed by atoms with Gasteiger partial charge < -0.3 is 4.74 Å². The highest BCUT2D eigenvalue weighted by Gasteiger charge is 2.72. The van der Waals surface area contributed by atoms with Crippen LogP contribution in [0.25, 0.3) is 0 Å². The zero-order valence-corrected chi connectivity index (χ0v) is 22.9. The van der Waals surface area contributed by atoms with Gasteiger partial charge in [-0.1, -0.05) is 46.8 Å². The van der Waals surface area contributed by atoms with Crippen molar-refractivity contribution in [3.8, 4) is 0 Å². The van der Waals surface area contributed by atoms with Crippen LogP contribution in [0.2, 0.25) is 0 Å². The van der Waals surface area contributed by atoms with Crippen LogP contribution in [-0.4, -0.2) is 18.9 Å². The van der Waals surface area contributed by atoms with Gasteiger partial charge in [0, 0.05) is 11.8 Å². The second kappa shape index (κ2) is 7.45. The van der Waals surface area contributed by atoms with E-state index in [2.05, 4.69) is 48.1 Å². The number of carbonyl (C=O) groups is 2. The SMILES string of the molecule is C=C(C)C1CCC2(C(=O)OC)CC[C@]3(C)C(CCC4[C@@]5(C)CCC(=O)C(C)(C)C5CC[C@]43C)C12. The molecule has 0 aromatic heterocycles. The lowest BCUT2D eigenvalue weighted by Gasteiger charge is -2.72. The maximum Gasteiger partial charge on any atom is 0.312 e. The molecule has 0 aromatic rings. The van der Waals surface area contributed by atoms with Crippen molar-refractivity contribution in [3.63, 3.8) is 0 Å². The predicted octanol–water partition coefficient (Wildman–Crippen LogP) is 7.39. The van der Waals surface area contributed by atoms with E-state index in [4.69, 9.17) is 4.74 Å². The molecule has 9 atom stereocenters. The van der Waals surface area contributed by atoms with Gasteiger partial charge >= 0.3 is 5.97 Å². The Morgan fingerprint density at radius 3 is 2.24 bits per heavy atom. The van der Waals surface area contributed by atoms with Gasteiger partial charge in [-0.2, -0.15) is 0 Å². The van der Waals surface area contributed by atoms with Crippen molar-refractivity contribution < 1.29 is 14.3 Å². The van der Waals surface area contributed by atoms with Crippen LogP contribution in [0, 0.1) is 56.7 Å². The Balaban J connectivity index is 1.57. The predicted molar refractivity (Wildman–Crippen MR) is 136 cm³/mol. The molecule has 6 unspecified atom stereocenters. The number of fused-ring (bicyclic) bond motifs is 7. The number of ether oxygens (including phenoxy) is 1. The molecule has 0 bridgehead atoms. The van der Waals surface area contributed by atoms with Gasteiger partial charge in [-0.3, -0.25) is 9.59 Å². The van der Waals surface area contributed by atoms with E-state index in [-0.39, 0.29) is 33.0 Å². The molecule has 0 aromatic carbocycles. The molecular formula is C31H48O3. The van der Waals surface area contributed by atoms with E-state index < -0.39 is 0 Å². The summed E-state index contributed by atoms with van der Waals surface area (Å²) in [6, 6.07) is 0. The molecule has 34 heavy (non-hydrogen) atoms. The summed E-state index contributed by atoms with van der Waals surface area (Å²) in [5, 5.41) is 0. The monoisotopic (exact) mass is 468 g/mol. The third kappa shape index (κ3) is 2.76. The lowest BCUT2D eigenvalue weighted by atomic mass is 9.32. The van der Waals surface area contributed by atoms with E-state index in [1.165, 1.54) is 31.3 Å².